The van der Waals surface area contributed by atoms with Crippen LogP contribution in [-0.4, -0.2) is 26.3 Å². The molecule has 1 unspecified atom stereocenters. The second kappa shape index (κ2) is 8.62. The number of nitrogens with one attached hydrogen (secondary N) is 1. The summed E-state index contributed by atoms with van der Waals surface area (Å²) in [5.74, 6) is -0.182. The Bertz CT molecular complexity index is 360. The van der Waals surface area contributed by atoms with Crippen LogP contribution in [0.1, 0.15) is 25.3 Å². The second-order valence-electron chi connectivity index (χ2n) is 4.38. The molecule has 0 radical (unpaired) electrons. The van der Waals surface area contributed by atoms with Crippen molar-refractivity contribution in [1.82, 2.24) is 5.32 Å². The fraction of sp³-hybridized carbons (Fsp3) is 0.571. The molecule has 0 spiro atoms. The summed E-state index contributed by atoms with van der Waals surface area (Å²) in [5.41, 5.74) is 1.01. The molecule has 0 amide bonds. The largest absolute Gasteiger partial charge is 0.383 e. The fourth-order valence-electron chi connectivity index (χ4n) is 1.86. The molecule has 1 atom stereocenters. The van der Waals surface area contributed by atoms with Crippen molar-refractivity contribution in [3.63, 3.8) is 0 Å². The summed E-state index contributed by atoms with van der Waals surface area (Å²) in [6.07, 6.45) is 2.88. The molecule has 0 bridgehead atoms. The number of aryl methyl sites for hydroxylation is 1. The maximum absolute atomic E-state index is 13.2. The highest BCUT2D eigenvalue weighted by molar-refractivity contribution is 9.10. The van der Waals surface area contributed by atoms with Gasteiger partial charge in [-0.05, 0) is 49.6 Å². The predicted molar refractivity (Wildman–Crippen MR) is 76.4 cm³/mol. The molecule has 1 N–H and O–H groups in total. The molecule has 0 aliphatic rings. The number of methoxy groups -OCH3 is 1. The summed E-state index contributed by atoms with van der Waals surface area (Å²) >= 11 is 3.45. The molecule has 0 aliphatic heterocycles. The predicted octanol–water partition coefficient (Wildman–Crippen LogP) is 3.54. The Morgan fingerprint density at radius 3 is 2.89 bits per heavy atom. The first-order chi connectivity index (χ1) is 8.67. The third-order valence-corrected chi connectivity index (χ3v) is 3.59. The number of hydrogen-bond donors (Lipinski definition) is 1. The van der Waals surface area contributed by atoms with E-state index in [1.165, 1.54) is 6.07 Å². The molecule has 0 aliphatic carbocycles. The molecule has 0 aromatic heterocycles. The molecular weight excluding hydrogens is 297 g/mol. The van der Waals surface area contributed by atoms with Gasteiger partial charge in [-0.2, -0.15) is 0 Å². The van der Waals surface area contributed by atoms with Crippen molar-refractivity contribution in [1.29, 1.82) is 0 Å². The summed E-state index contributed by atoms with van der Waals surface area (Å²) in [5, 5.41) is 3.44. The first-order valence-electron chi connectivity index (χ1n) is 6.33. The van der Waals surface area contributed by atoms with Crippen molar-refractivity contribution in [2.24, 2.45) is 0 Å². The lowest BCUT2D eigenvalue weighted by molar-refractivity contribution is 0.162. The van der Waals surface area contributed by atoms with E-state index in [1.54, 1.807) is 19.2 Å². The summed E-state index contributed by atoms with van der Waals surface area (Å²) in [6, 6.07) is 5.14. The van der Waals surface area contributed by atoms with Gasteiger partial charge in [-0.25, -0.2) is 4.39 Å². The molecular formula is C14H21BrFNO. The molecule has 0 heterocycles. The minimum absolute atomic E-state index is 0.182. The second-order valence-corrected chi connectivity index (χ2v) is 5.24. The molecule has 2 nitrogen and oxygen atoms in total. The van der Waals surface area contributed by atoms with Crippen LogP contribution in [0.2, 0.25) is 0 Å². The van der Waals surface area contributed by atoms with Gasteiger partial charge in [-0.1, -0.05) is 22.9 Å². The van der Waals surface area contributed by atoms with Crippen LogP contribution in [0.5, 0.6) is 0 Å². The monoisotopic (exact) mass is 317 g/mol. The number of rotatable bonds is 8. The van der Waals surface area contributed by atoms with E-state index in [4.69, 9.17) is 4.74 Å². The van der Waals surface area contributed by atoms with Crippen LogP contribution in [0.15, 0.2) is 22.7 Å². The topological polar surface area (TPSA) is 21.3 Å². The zero-order valence-electron chi connectivity index (χ0n) is 11.0. The molecule has 4 heteroatoms. The van der Waals surface area contributed by atoms with E-state index in [-0.39, 0.29) is 5.82 Å². The van der Waals surface area contributed by atoms with Crippen LogP contribution in [-0.2, 0) is 11.2 Å². The van der Waals surface area contributed by atoms with Gasteiger partial charge in [0.05, 0.1) is 6.61 Å². The smallest absolute Gasteiger partial charge is 0.123 e. The van der Waals surface area contributed by atoms with E-state index in [2.05, 4.69) is 28.2 Å². The van der Waals surface area contributed by atoms with Gasteiger partial charge in [0.2, 0.25) is 0 Å². The van der Waals surface area contributed by atoms with Crippen LogP contribution >= 0.6 is 15.9 Å². The van der Waals surface area contributed by atoms with Crippen molar-refractivity contribution >= 4 is 15.9 Å². The van der Waals surface area contributed by atoms with E-state index in [0.29, 0.717) is 12.6 Å². The zero-order valence-corrected chi connectivity index (χ0v) is 12.6. The van der Waals surface area contributed by atoms with E-state index in [0.717, 1.165) is 35.8 Å². The van der Waals surface area contributed by atoms with Gasteiger partial charge in [-0.15, -0.1) is 0 Å². The highest BCUT2D eigenvalue weighted by Crippen LogP contribution is 2.19. The van der Waals surface area contributed by atoms with Crippen LogP contribution < -0.4 is 5.32 Å². The molecule has 1 rings (SSSR count). The maximum Gasteiger partial charge on any atom is 0.123 e. The number of benzene rings is 1. The van der Waals surface area contributed by atoms with Crippen LogP contribution in [0.25, 0.3) is 0 Å². The fourth-order valence-corrected chi connectivity index (χ4v) is 2.30. The van der Waals surface area contributed by atoms with Crippen LogP contribution in [0.4, 0.5) is 4.39 Å². The average molecular weight is 318 g/mol. The number of ether oxygens (including phenoxy) is 1. The van der Waals surface area contributed by atoms with Crippen molar-refractivity contribution < 1.29 is 9.13 Å². The van der Waals surface area contributed by atoms with Crippen molar-refractivity contribution in [2.75, 3.05) is 20.3 Å². The first kappa shape index (κ1) is 15.6. The van der Waals surface area contributed by atoms with Crippen LogP contribution in [0.3, 0.4) is 0 Å². The zero-order chi connectivity index (χ0) is 13.4. The van der Waals surface area contributed by atoms with E-state index in [1.807, 2.05) is 0 Å². The quantitative estimate of drug-likeness (QED) is 0.792. The highest BCUT2D eigenvalue weighted by Gasteiger charge is 2.09. The summed E-state index contributed by atoms with van der Waals surface area (Å²) in [7, 11) is 1.71. The molecule has 0 fully saturated rings. The molecule has 0 saturated carbocycles. The lowest BCUT2D eigenvalue weighted by Gasteiger charge is -2.17. The Labute approximate surface area is 117 Å². The molecule has 1 aromatic rings. The minimum atomic E-state index is -0.182. The normalized spacial score (nSPS) is 12.7. The summed E-state index contributed by atoms with van der Waals surface area (Å²) in [4.78, 5) is 0. The van der Waals surface area contributed by atoms with Crippen molar-refractivity contribution in [3.8, 4) is 0 Å². The Morgan fingerprint density at radius 2 is 2.22 bits per heavy atom. The molecule has 1 aromatic carbocycles. The average Bonchev–Trinajstić information content (AvgIpc) is 2.36. The Hall–Kier alpha value is -0.450. The van der Waals surface area contributed by atoms with Gasteiger partial charge in [0.25, 0.3) is 0 Å². The summed E-state index contributed by atoms with van der Waals surface area (Å²) in [6.45, 7) is 3.81. The van der Waals surface area contributed by atoms with E-state index < -0.39 is 0 Å². The van der Waals surface area contributed by atoms with Gasteiger partial charge in [0.15, 0.2) is 0 Å². The minimum Gasteiger partial charge on any atom is -0.383 e. The molecule has 0 saturated heterocycles. The lowest BCUT2D eigenvalue weighted by Crippen LogP contribution is -2.34. The lowest BCUT2D eigenvalue weighted by atomic mass is 10.1. The molecule has 102 valence electrons. The van der Waals surface area contributed by atoms with Crippen molar-refractivity contribution in [2.45, 2.75) is 32.2 Å². The standard InChI is InChI=1S/C14H21BrFNO/c1-3-8-17-13(10-18-2)6-4-11-9-12(16)5-7-14(11)15/h5,7,9,13,17H,3-4,6,8,10H2,1-2H3. The third kappa shape index (κ3) is 5.46. The van der Waals surface area contributed by atoms with Gasteiger partial charge in [0.1, 0.15) is 5.82 Å². The number of halogens is 2. The van der Waals surface area contributed by atoms with Gasteiger partial charge in [-0.3, -0.25) is 0 Å². The van der Waals surface area contributed by atoms with Crippen molar-refractivity contribution in [3.05, 3.63) is 34.1 Å². The summed E-state index contributed by atoms with van der Waals surface area (Å²) < 4.78 is 19.3. The van der Waals surface area contributed by atoms with E-state index >= 15 is 0 Å². The third-order valence-electron chi connectivity index (χ3n) is 2.82. The van der Waals surface area contributed by atoms with Gasteiger partial charge >= 0.3 is 0 Å². The highest BCUT2D eigenvalue weighted by atomic mass is 79.9. The van der Waals surface area contributed by atoms with Gasteiger partial charge < -0.3 is 10.1 Å². The Morgan fingerprint density at radius 1 is 1.44 bits per heavy atom. The van der Waals surface area contributed by atoms with Crippen LogP contribution in [0, 0.1) is 5.82 Å². The molecule has 18 heavy (non-hydrogen) atoms. The van der Waals surface area contributed by atoms with E-state index in [9.17, 15) is 4.39 Å². The van der Waals surface area contributed by atoms with Gasteiger partial charge in [0, 0.05) is 17.6 Å². The SMILES string of the molecule is CCCNC(CCc1cc(F)ccc1Br)COC. The number of hydrogen-bond acceptors (Lipinski definition) is 2. The first-order valence-corrected chi connectivity index (χ1v) is 7.13. The Kier molecular flexibility index (Phi) is 7.47. The Balaban J connectivity index is 2.52. The maximum atomic E-state index is 13.2.